The van der Waals surface area contributed by atoms with Crippen LogP contribution in [-0.2, 0) is 9.53 Å². The van der Waals surface area contributed by atoms with Crippen LogP contribution in [0.15, 0.2) is 57.5 Å². The van der Waals surface area contributed by atoms with Crippen LogP contribution in [0.3, 0.4) is 0 Å². The van der Waals surface area contributed by atoms with Crippen molar-refractivity contribution in [1.82, 2.24) is 4.57 Å². The van der Waals surface area contributed by atoms with E-state index in [0.717, 1.165) is 0 Å². The first-order valence-corrected chi connectivity index (χ1v) is 12.3. The Morgan fingerprint density at radius 2 is 1.70 bits per heavy atom. The third-order valence-electron chi connectivity index (χ3n) is 5.82. The molecule has 10 heteroatoms. The molecule has 1 aromatic heterocycles. The van der Waals surface area contributed by atoms with E-state index in [9.17, 15) is 14.7 Å². The first-order valence-electron chi connectivity index (χ1n) is 11.5. The van der Waals surface area contributed by atoms with Gasteiger partial charge in [-0.05, 0) is 62.2 Å². The predicted octanol–water partition coefficient (Wildman–Crippen LogP) is 2.92. The third kappa shape index (κ3) is 4.97. The Morgan fingerprint density at radius 3 is 2.24 bits per heavy atom. The number of methoxy groups -OCH3 is 3. The second-order valence-electron chi connectivity index (χ2n) is 8.58. The van der Waals surface area contributed by atoms with Crippen LogP contribution >= 0.6 is 11.3 Å². The molecule has 0 saturated carbocycles. The highest BCUT2D eigenvalue weighted by molar-refractivity contribution is 7.07. The number of rotatable bonds is 7. The lowest BCUT2D eigenvalue weighted by atomic mass is 9.96. The van der Waals surface area contributed by atoms with Crippen molar-refractivity contribution in [3.8, 4) is 23.0 Å². The molecule has 1 aliphatic heterocycles. The van der Waals surface area contributed by atoms with Gasteiger partial charge in [0.25, 0.3) is 5.56 Å². The number of fused-ring (bicyclic) bond motifs is 1. The molecule has 0 spiro atoms. The zero-order valence-electron chi connectivity index (χ0n) is 21.4. The summed E-state index contributed by atoms with van der Waals surface area (Å²) in [6, 6.07) is 9.66. The van der Waals surface area contributed by atoms with Crippen molar-refractivity contribution in [2.24, 2.45) is 4.99 Å². The number of esters is 1. The van der Waals surface area contributed by atoms with E-state index in [1.54, 1.807) is 58.2 Å². The van der Waals surface area contributed by atoms with Gasteiger partial charge in [0.05, 0.1) is 49.3 Å². The number of nitrogens with zero attached hydrogens (tertiary/aromatic N) is 2. The van der Waals surface area contributed by atoms with Crippen LogP contribution < -0.4 is 29.1 Å². The van der Waals surface area contributed by atoms with Gasteiger partial charge in [0.1, 0.15) is 5.75 Å². The van der Waals surface area contributed by atoms with Gasteiger partial charge in [-0.1, -0.05) is 23.5 Å². The van der Waals surface area contributed by atoms with E-state index in [2.05, 4.69) is 4.99 Å². The normalized spacial score (nSPS) is 15.3. The van der Waals surface area contributed by atoms with Gasteiger partial charge >= 0.3 is 5.97 Å². The van der Waals surface area contributed by atoms with Gasteiger partial charge in [0.15, 0.2) is 16.3 Å². The Balaban J connectivity index is 1.94. The zero-order chi connectivity index (χ0) is 26.9. The first-order chi connectivity index (χ1) is 17.7. The van der Waals surface area contributed by atoms with Gasteiger partial charge in [-0.3, -0.25) is 9.36 Å². The number of hydrogen-bond donors (Lipinski definition) is 1. The van der Waals surface area contributed by atoms with Crippen LogP contribution in [0.25, 0.3) is 6.08 Å². The monoisotopic (exact) mass is 524 g/mol. The highest BCUT2D eigenvalue weighted by atomic mass is 32.1. The number of phenols is 1. The van der Waals surface area contributed by atoms with Crippen molar-refractivity contribution in [3.63, 3.8) is 0 Å². The highest BCUT2D eigenvalue weighted by Gasteiger charge is 2.33. The minimum atomic E-state index is -0.737. The van der Waals surface area contributed by atoms with Crippen molar-refractivity contribution in [2.45, 2.75) is 32.9 Å². The lowest BCUT2D eigenvalue weighted by Gasteiger charge is -2.25. The van der Waals surface area contributed by atoms with Crippen LogP contribution in [-0.4, -0.2) is 43.1 Å². The lowest BCUT2D eigenvalue weighted by Crippen LogP contribution is -2.40. The predicted molar refractivity (Wildman–Crippen MR) is 139 cm³/mol. The molecule has 0 bridgehead atoms. The molecule has 0 amide bonds. The molecule has 2 aromatic carbocycles. The largest absolute Gasteiger partial charge is 0.502 e. The van der Waals surface area contributed by atoms with E-state index in [0.29, 0.717) is 37.5 Å². The second-order valence-corrected chi connectivity index (χ2v) is 9.59. The van der Waals surface area contributed by atoms with Crippen molar-refractivity contribution in [3.05, 3.63) is 78.5 Å². The molecule has 1 N–H and O–H groups in total. The molecule has 1 atom stereocenters. The summed E-state index contributed by atoms with van der Waals surface area (Å²) in [5.74, 6) is 0.415. The summed E-state index contributed by atoms with van der Waals surface area (Å²) in [7, 11) is 4.43. The Hall–Kier alpha value is -4.05. The summed E-state index contributed by atoms with van der Waals surface area (Å²) in [5.41, 5.74) is 1.76. The van der Waals surface area contributed by atoms with Crippen LogP contribution in [0.2, 0.25) is 0 Å². The molecule has 0 unspecified atom stereocenters. The number of thiazole rings is 1. The number of ether oxygens (including phenoxy) is 4. The number of benzene rings is 2. The quantitative estimate of drug-likeness (QED) is 0.474. The molecule has 3 aromatic rings. The number of allylic oxidation sites excluding steroid dienone is 1. The Bertz CT molecular complexity index is 1520. The summed E-state index contributed by atoms with van der Waals surface area (Å²) >= 11 is 1.20. The fraction of sp³-hybridized carbons (Fsp3) is 0.296. The number of aromatic hydroxyl groups is 1. The van der Waals surface area contributed by atoms with E-state index in [1.165, 1.54) is 30.1 Å². The van der Waals surface area contributed by atoms with E-state index >= 15 is 0 Å². The third-order valence-corrected chi connectivity index (χ3v) is 6.80. The molecular formula is C27H28N2O7S. The highest BCUT2D eigenvalue weighted by Crippen LogP contribution is 2.37. The van der Waals surface area contributed by atoms with Crippen LogP contribution in [0, 0.1) is 0 Å². The van der Waals surface area contributed by atoms with E-state index < -0.39 is 12.0 Å². The molecular weight excluding hydrogens is 496 g/mol. The van der Waals surface area contributed by atoms with Crippen molar-refractivity contribution in [1.29, 1.82) is 0 Å². The molecule has 0 fully saturated rings. The topological polar surface area (TPSA) is 109 Å². The second kappa shape index (κ2) is 10.5. The average molecular weight is 525 g/mol. The van der Waals surface area contributed by atoms with E-state index in [-0.39, 0.29) is 28.9 Å². The summed E-state index contributed by atoms with van der Waals surface area (Å²) in [6.07, 6.45) is 1.33. The smallest absolute Gasteiger partial charge is 0.338 e. The van der Waals surface area contributed by atoms with Gasteiger partial charge in [0, 0.05) is 0 Å². The molecule has 194 valence electrons. The maximum absolute atomic E-state index is 13.8. The first kappa shape index (κ1) is 26.0. The molecule has 1 aliphatic rings. The zero-order valence-corrected chi connectivity index (χ0v) is 22.2. The lowest BCUT2D eigenvalue weighted by molar-refractivity contribution is -0.143. The number of carbonyl (C=O) groups is 1. The molecule has 37 heavy (non-hydrogen) atoms. The number of aromatic nitrogens is 1. The maximum Gasteiger partial charge on any atom is 0.338 e. The molecule has 0 radical (unpaired) electrons. The van der Waals surface area contributed by atoms with Gasteiger partial charge in [-0.2, -0.15) is 0 Å². The molecule has 0 aliphatic carbocycles. The number of carbonyl (C=O) groups excluding carboxylic acids is 1. The standard InChI is InChI=1S/C27H28N2O7S/c1-14(2)36-26(32)22-15(3)28-27-29(23(22)17-7-9-18(33-4)10-8-17)25(31)21(37-27)13-16-11-19(34-5)24(30)20(12-16)35-6/h7-14,23,30H,1-6H3/b21-13+/t23-/m0/s1. The van der Waals surface area contributed by atoms with Crippen molar-refractivity contribution >= 4 is 23.4 Å². The van der Waals surface area contributed by atoms with Crippen LogP contribution in [0.1, 0.15) is 37.9 Å². The van der Waals surface area contributed by atoms with Crippen LogP contribution in [0.5, 0.6) is 23.0 Å². The van der Waals surface area contributed by atoms with Crippen molar-refractivity contribution < 1.29 is 28.8 Å². The average Bonchev–Trinajstić information content (AvgIpc) is 3.17. The summed E-state index contributed by atoms with van der Waals surface area (Å²) < 4.78 is 23.2. The van der Waals surface area contributed by atoms with E-state index in [1.807, 2.05) is 12.1 Å². The SMILES string of the molecule is COc1ccc([C@H]2C(C(=O)OC(C)C)=C(C)N=c3s/c(=C/c4cc(OC)c(O)c(OC)c4)c(=O)n32)cc1. The summed E-state index contributed by atoms with van der Waals surface area (Å²) in [6.45, 7) is 5.28. The molecule has 4 rings (SSSR count). The van der Waals surface area contributed by atoms with Gasteiger partial charge in [-0.25, -0.2) is 9.79 Å². The Kier molecular flexibility index (Phi) is 7.40. The van der Waals surface area contributed by atoms with E-state index in [4.69, 9.17) is 18.9 Å². The number of hydrogen-bond acceptors (Lipinski definition) is 9. The maximum atomic E-state index is 13.8. The minimum Gasteiger partial charge on any atom is -0.502 e. The fourth-order valence-corrected chi connectivity index (χ4v) is 5.16. The summed E-state index contributed by atoms with van der Waals surface area (Å²) in [4.78, 5) is 32.0. The van der Waals surface area contributed by atoms with Crippen LogP contribution in [0.4, 0.5) is 0 Å². The van der Waals surface area contributed by atoms with Gasteiger partial charge < -0.3 is 24.1 Å². The Morgan fingerprint density at radius 1 is 1.08 bits per heavy atom. The van der Waals surface area contributed by atoms with Gasteiger partial charge in [-0.15, -0.1) is 0 Å². The van der Waals surface area contributed by atoms with Crippen molar-refractivity contribution in [2.75, 3.05) is 21.3 Å². The Labute approximate surface area is 217 Å². The molecule has 2 heterocycles. The van der Waals surface area contributed by atoms with Gasteiger partial charge in [0.2, 0.25) is 5.75 Å². The molecule has 9 nitrogen and oxygen atoms in total. The molecule has 0 saturated heterocycles. The fourth-order valence-electron chi connectivity index (χ4n) is 4.11. The minimum absolute atomic E-state index is 0.132. The number of phenolic OH excluding ortho intramolecular Hbond substituents is 1. The summed E-state index contributed by atoms with van der Waals surface area (Å²) in [5, 5.41) is 10.2.